The molecule has 0 radical (unpaired) electrons. The molecule has 1 aliphatic heterocycles. The Bertz CT molecular complexity index is 126. The first-order valence-corrected chi connectivity index (χ1v) is 6.39. The molecule has 1 aliphatic rings. The second-order valence-electron chi connectivity index (χ2n) is 3.78. The van der Waals surface area contributed by atoms with E-state index in [1.165, 1.54) is 37.3 Å². The van der Waals surface area contributed by atoms with Crippen LogP contribution in [0.5, 0.6) is 0 Å². The highest BCUT2D eigenvalue weighted by Gasteiger charge is 2.18. The number of unbranched alkanes of at least 4 members (excludes halogenated alkanes) is 2. The lowest BCUT2D eigenvalue weighted by Crippen LogP contribution is -2.32. The molecule has 0 aromatic heterocycles. The zero-order valence-electron chi connectivity index (χ0n) is 8.54. The van der Waals surface area contributed by atoms with Crippen LogP contribution in [0.25, 0.3) is 0 Å². The van der Waals surface area contributed by atoms with Crippen LogP contribution < -0.4 is 0 Å². The summed E-state index contributed by atoms with van der Waals surface area (Å²) in [4.78, 5) is 2.48. The first kappa shape index (κ1) is 11.3. The molecule has 1 rings (SSSR count). The molecule has 0 amide bonds. The van der Waals surface area contributed by atoms with Crippen molar-refractivity contribution in [1.29, 1.82) is 0 Å². The van der Waals surface area contributed by atoms with Gasteiger partial charge in [0.15, 0.2) is 0 Å². The average molecular weight is 203 g/mol. The lowest BCUT2D eigenvalue weighted by Gasteiger charge is -2.23. The van der Waals surface area contributed by atoms with Crippen LogP contribution in [0, 0.1) is 0 Å². The minimum absolute atomic E-state index is 0.350. The van der Waals surface area contributed by atoms with Gasteiger partial charge in [-0.15, -0.1) is 0 Å². The molecule has 13 heavy (non-hydrogen) atoms. The van der Waals surface area contributed by atoms with Gasteiger partial charge < -0.3 is 10.0 Å². The van der Waals surface area contributed by atoms with Crippen molar-refractivity contribution in [3.8, 4) is 0 Å². The quantitative estimate of drug-likeness (QED) is 0.663. The zero-order valence-corrected chi connectivity index (χ0v) is 9.35. The predicted octanol–water partition coefficient (Wildman–Crippen LogP) is 1.59. The highest BCUT2D eigenvalue weighted by Crippen LogP contribution is 2.21. The van der Waals surface area contributed by atoms with Gasteiger partial charge in [0.2, 0.25) is 0 Å². The minimum Gasteiger partial charge on any atom is -0.396 e. The molecule has 0 aliphatic carbocycles. The lowest BCUT2D eigenvalue weighted by molar-refractivity contribution is 0.245. The van der Waals surface area contributed by atoms with Gasteiger partial charge in [-0.2, -0.15) is 11.8 Å². The SMILES string of the molecule is CN(CCCCCO)C1CCSC1. The Morgan fingerprint density at radius 3 is 2.85 bits per heavy atom. The monoisotopic (exact) mass is 203 g/mol. The summed E-state index contributed by atoms with van der Waals surface area (Å²) in [5.74, 6) is 2.65. The molecule has 2 nitrogen and oxygen atoms in total. The molecule has 1 fully saturated rings. The second-order valence-corrected chi connectivity index (χ2v) is 4.93. The van der Waals surface area contributed by atoms with Gasteiger partial charge in [-0.3, -0.25) is 0 Å². The molecule has 78 valence electrons. The first-order chi connectivity index (χ1) is 6.34. The van der Waals surface area contributed by atoms with Gasteiger partial charge in [0.25, 0.3) is 0 Å². The molecule has 1 heterocycles. The van der Waals surface area contributed by atoms with Crippen molar-refractivity contribution in [3.63, 3.8) is 0 Å². The molecule has 1 N–H and O–H groups in total. The number of aliphatic hydroxyl groups excluding tert-OH is 1. The standard InChI is InChI=1S/C10H21NOS/c1-11(6-3-2-4-7-12)10-5-8-13-9-10/h10,12H,2-9H2,1H3. The van der Waals surface area contributed by atoms with E-state index in [9.17, 15) is 0 Å². The fourth-order valence-electron chi connectivity index (χ4n) is 1.70. The number of hydrogen-bond acceptors (Lipinski definition) is 3. The van der Waals surface area contributed by atoms with Crippen molar-refractivity contribution < 1.29 is 5.11 Å². The van der Waals surface area contributed by atoms with E-state index in [1.807, 2.05) is 0 Å². The van der Waals surface area contributed by atoms with E-state index in [0.29, 0.717) is 6.61 Å². The summed E-state index contributed by atoms with van der Waals surface area (Å²) in [6, 6.07) is 0.819. The molecule has 0 spiro atoms. The maximum atomic E-state index is 8.63. The van der Waals surface area contributed by atoms with Gasteiger partial charge in [0.1, 0.15) is 0 Å². The van der Waals surface area contributed by atoms with Gasteiger partial charge in [0, 0.05) is 18.4 Å². The molecule has 0 bridgehead atoms. The third-order valence-corrected chi connectivity index (χ3v) is 3.84. The summed E-state index contributed by atoms with van der Waals surface area (Å²) in [5, 5.41) is 8.63. The Morgan fingerprint density at radius 1 is 1.38 bits per heavy atom. The van der Waals surface area contributed by atoms with Gasteiger partial charge in [-0.25, -0.2) is 0 Å². The molecule has 1 unspecified atom stereocenters. The number of rotatable bonds is 6. The van der Waals surface area contributed by atoms with Crippen LogP contribution in [0.3, 0.4) is 0 Å². The van der Waals surface area contributed by atoms with Gasteiger partial charge >= 0.3 is 0 Å². The van der Waals surface area contributed by atoms with Crippen LogP contribution in [0.1, 0.15) is 25.7 Å². The highest BCUT2D eigenvalue weighted by atomic mass is 32.2. The summed E-state index contributed by atoms with van der Waals surface area (Å²) in [7, 11) is 2.23. The van der Waals surface area contributed by atoms with Crippen LogP contribution in [0.15, 0.2) is 0 Å². The number of thioether (sulfide) groups is 1. The smallest absolute Gasteiger partial charge is 0.0431 e. The first-order valence-electron chi connectivity index (χ1n) is 5.23. The fourth-order valence-corrected chi connectivity index (χ4v) is 3.00. The van der Waals surface area contributed by atoms with Crippen molar-refractivity contribution in [2.75, 3.05) is 31.7 Å². The molecule has 0 aromatic rings. The van der Waals surface area contributed by atoms with Crippen molar-refractivity contribution >= 4 is 11.8 Å². The Balaban J connectivity index is 1.99. The van der Waals surface area contributed by atoms with Crippen LogP contribution >= 0.6 is 11.8 Å². The Kier molecular flexibility index (Phi) is 5.83. The van der Waals surface area contributed by atoms with E-state index < -0.39 is 0 Å². The van der Waals surface area contributed by atoms with Crippen molar-refractivity contribution in [3.05, 3.63) is 0 Å². The van der Waals surface area contributed by atoms with Gasteiger partial charge in [-0.05, 0) is 45.0 Å². The maximum Gasteiger partial charge on any atom is 0.0431 e. The minimum atomic E-state index is 0.350. The van der Waals surface area contributed by atoms with E-state index in [-0.39, 0.29) is 0 Å². The molecular formula is C10H21NOS. The summed E-state index contributed by atoms with van der Waals surface area (Å²) >= 11 is 2.07. The Morgan fingerprint density at radius 2 is 2.23 bits per heavy atom. The molecule has 0 saturated carbocycles. The summed E-state index contributed by atoms with van der Waals surface area (Å²) in [6.45, 7) is 1.55. The van der Waals surface area contributed by atoms with Crippen LogP contribution in [0.2, 0.25) is 0 Å². The predicted molar refractivity (Wildman–Crippen MR) is 59.3 cm³/mol. The Hall–Kier alpha value is 0.270. The number of hydrogen-bond donors (Lipinski definition) is 1. The molecule has 1 saturated heterocycles. The Labute approximate surface area is 85.7 Å². The summed E-state index contributed by atoms with van der Waals surface area (Å²) < 4.78 is 0. The zero-order chi connectivity index (χ0) is 9.52. The fraction of sp³-hybridized carbons (Fsp3) is 1.00. The molecule has 0 aromatic carbocycles. The maximum absolute atomic E-state index is 8.63. The topological polar surface area (TPSA) is 23.5 Å². The van der Waals surface area contributed by atoms with Crippen molar-refractivity contribution in [2.24, 2.45) is 0 Å². The highest BCUT2D eigenvalue weighted by molar-refractivity contribution is 7.99. The van der Waals surface area contributed by atoms with E-state index in [2.05, 4.69) is 23.7 Å². The largest absolute Gasteiger partial charge is 0.396 e. The van der Waals surface area contributed by atoms with E-state index in [0.717, 1.165) is 12.5 Å². The van der Waals surface area contributed by atoms with E-state index >= 15 is 0 Å². The normalized spacial score (nSPS) is 22.8. The molecular weight excluding hydrogens is 182 g/mol. The second kappa shape index (κ2) is 6.68. The average Bonchev–Trinajstić information content (AvgIpc) is 2.65. The lowest BCUT2D eigenvalue weighted by atomic mass is 10.2. The van der Waals surface area contributed by atoms with Crippen LogP contribution in [0.4, 0.5) is 0 Å². The van der Waals surface area contributed by atoms with Crippen LogP contribution in [-0.2, 0) is 0 Å². The summed E-state index contributed by atoms with van der Waals surface area (Å²) in [5.41, 5.74) is 0. The van der Waals surface area contributed by atoms with E-state index in [4.69, 9.17) is 5.11 Å². The van der Waals surface area contributed by atoms with Crippen molar-refractivity contribution in [2.45, 2.75) is 31.7 Å². The van der Waals surface area contributed by atoms with Gasteiger partial charge in [-0.1, -0.05) is 0 Å². The summed E-state index contributed by atoms with van der Waals surface area (Å²) in [6.07, 6.45) is 4.73. The molecule has 3 heteroatoms. The third kappa shape index (κ3) is 4.34. The van der Waals surface area contributed by atoms with E-state index in [1.54, 1.807) is 0 Å². The van der Waals surface area contributed by atoms with Crippen LogP contribution in [-0.4, -0.2) is 47.8 Å². The van der Waals surface area contributed by atoms with Crippen molar-refractivity contribution in [1.82, 2.24) is 4.90 Å². The number of nitrogens with zero attached hydrogens (tertiary/aromatic N) is 1. The third-order valence-electron chi connectivity index (χ3n) is 2.70. The molecule has 1 atom stereocenters. The van der Waals surface area contributed by atoms with Gasteiger partial charge in [0.05, 0.1) is 0 Å². The number of aliphatic hydroxyl groups is 1.